The normalized spacial score (nSPS) is 11.9. The summed E-state index contributed by atoms with van der Waals surface area (Å²) in [4.78, 5) is 23.4. The van der Waals surface area contributed by atoms with E-state index in [0.717, 1.165) is 0 Å². The van der Waals surface area contributed by atoms with Gasteiger partial charge in [-0.25, -0.2) is 4.39 Å². The minimum atomic E-state index is -1.24. The highest BCUT2D eigenvalue weighted by Crippen LogP contribution is 2.09. The van der Waals surface area contributed by atoms with Crippen molar-refractivity contribution in [2.45, 2.75) is 19.0 Å². The van der Waals surface area contributed by atoms with Crippen LogP contribution in [-0.4, -0.2) is 35.0 Å². The van der Waals surface area contributed by atoms with Gasteiger partial charge in [-0.3, -0.25) is 9.59 Å². The van der Waals surface area contributed by atoms with Gasteiger partial charge in [0.25, 0.3) is 0 Å². The highest BCUT2D eigenvalue weighted by atomic mass is 19.1. The third-order valence-electron chi connectivity index (χ3n) is 2.50. The largest absolute Gasteiger partial charge is 0.480 e. The summed E-state index contributed by atoms with van der Waals surface area (Å²) in [5.74, 6) is -2.07. The van der Waals surface area contributed by atoms with E-state index in [1.807, 2.05) is 0 Å². The Balaban J connectivity index is 2.60. The Bertz CT molecular complexity index is 451. The van der Waals surface area contributed by atoms with Crippen LogP contribution in [0.4, 0.5) is 4.39 Å². The van der Waals surface area contributed by atoms with E-state index in [1.165, 1.54) is 18.0 Å². The van der Waals surface area contributed by atoms with E-state index in [1.54, 1.807) is 18.2 Å². The monoisotopic (exact) mass is 254 g/mol. The molecular weight excluding hydrogens is 239 g/mol. The Hall–Kier alpha value is -1.95. The van der Waals surface area contributed by atoms with Gasteiger partial charge in [-0.2, -0.15) is 0 Å². The molecule has 0 heterocycles. The Morgan fingerprint density at radius 2 is 2.06 bits per heavy atom. The molecule has 0 aliphatic heterocycles. The van der Waals surface area contributed by atoms with Crippen LogP contribution in [0.1, 0.15) is 12.0 Å². The molecule has 0 saturated heterocycles. The van der Waals surface area contributed by atoms with Gasteiger partial charge in [0, 0.05) is 19.2 Å². The molecule has 0 fully saturated rings. The van der Waals surface area contributed by atoms with Crippen LogP contribution in [0, 0.1) is 5.82 Å². The summed E-state index contributed by atoms with van der Waals surface area (Å²) >= 11 is 0. The number of nitrogens with two attached hydrogens (primary N) is 1. The molecule has 0 bridgehead atoms. The van der Waals surface area contributed by atoms with Gasteiger partial charge in [-0.05, 0) is 6.07 Å². The van der Waals surface area contributed by atoms with Gasteiger partial charge >= 0.3 is 5.97 Å². The Morgan fingerprint density at radius 3 is 2.61 bits per heavy atom. The number of benzene rings is 1. The van der Waals surface area contributed by atoms with Crippen LogP contribution in [0.2, 0.25) is 0 Å². The summed E-state index contributed by atoms with van der Waals surface area (Å²) in [5, 5.41) is 8.59. The number of rotatable bonds is 5. The van der Waals surface area contributed by atoms with Crippen LogP contribution in [0.25, 0.3) is 0 Å². The topological polar surface area (TPSA) is 83.6 Å². The van der Waals surface area contributed by atoms with Crippen LogP contribution in [0.15, 0.2) is 24.3 Å². The van der Waals surface area contributed by atoms with Gasteiger partial charge in [0.05, 0.1) is 6.42 Å². The molecule has 0 aromatic heterocycles. The number of amides is 1. The lowest BCUT2D eigenvalue weighted by atomic mass is 10.1. The van der Waals surface area contributed by atoms with Crippen molar-refractivity contribution in [1.82, 2.24) is 4.90 Å². The maximum absolute atomic E-state index is 13.3. The third-order valence-corrected chi connectivity index (χ3v) is 2.50. The number of halogens is 1. The first-order valence-electron chi connectivity index (χ1n) is 5.37. The average Bonchev–Trinajstić information content (AvgIpc) is 2.31. The molecule has 1 atom stereocenters. The van der Waals surface area contributed by atoms with Crippen molar-refractivity contribution in [2.75, 3.05) is 7.05 Å². The fourth-order valence-electron chi connectivity index (χ4n) is 1.40. The van der Waals surface area contributed by atoms with E-state index >= 15 is 0 Å². The molecule has 1 rings (SSSR count). The summed E-state index contributed by atoms with van der Waals surface area (Å²) in [6.07, 6.45) is -0.305. The molecule has 0 spiro atoms. The van der Waals surface area contributed by atoms with Gasteiger partial charge in [0.2, 0.25) is 5.91 Å². The van der Waals surface area contributed by atoms with Gasteiger partial charge < -0.3 is 15.7 Å². The van der Waals surface area contributed by atoms with E-state index in [9.17, 15) is 14.0 Å². The molecule has 1 amide bonds. The van der Waals surface area contributed by atoms with E-state index < -0.39 is 23.7 Å². The minimum Gasteiger partial charge on any atom is -0.480 e. The van der Waals surface area contributed by atoms with Crippen LogP contribution in [0.3, 0.4) is 0 Å². The molecule has 3 N–H and O–H groups in total. The van der Waals surface area contributed by atoms with Crippen molar-refractivity contribution < 1.29 is 19.1 Å². The van der Waals surface area contributed by atoms with Crippen molar-refractivity contribution in [3.8, 4) is 0 Å². The highest BCUT2D eigenvalue weighted by Gasteiger charge is 2.19. The molecule has 6 heteroatoms. The fourth-order valence-corrected chi connectivity index (χ4v) is 1.40. The molecule has 18 heavy (non-hydrogen) atoms. The number of carboxylic acids is 1. The van der Waals surface area contributed by atoms with E-state index in [-0.39, 0.29) is 13.0 Å². The molecular formula is C12H15FN2O3. The smallest absolute Gasteiger partial charge is 0.321 e. The van der Waals surface area contributed by atoms with Crippen molar-refractivity contribution in [2.24, 2.45) is 5.73 Å². The second-order valence-corrected chi connectivity index (χ2v) is 3.99. The van der Waals surface area contributed by atoms with Crippen LogP contribution in [-0.2, 0) is 16.1 Å². The van der Waals surface area contributed by atoms with Crippen molar-refractivity contribution in [3.05, 3.63) is 35.6 Å². The molecule has 1 aromatic carbocycles. The van der Waals surface area contributed by atoms with Crippen LogP contribution in [0.5, 0.6) is 0 Å². The molecule has 1 aromatic rings. The fraction of sp³-hybridized carbons (Fsp3) is 0.333. The molecule has 0 radical (unpaired) electrons. The minimum absolute atomic E-state index is 0.0812. The van der Waals surface area contributed by atoms with Gasteiger partial charge in [0.1, 0.15) is 11.9 Å². The lowest BCUT2D eigenvalue weighted by Crippen LogP contribution is -2.37. The van der Waals surface area contributed by atoms with E-state index in [2.05, 4.69) is 0 Å². The molecule has 98 valence electrons. The van der Waals surface area contributed by atoms with Gasteiger partial charge in [0.15, 0.2) is 0 Å². The highest BCUT2D eigenvalue weighted by molar-refractivity contribution is 5.84. The summed E-state index contributed by atoms with van der Waals surface area (Å²) in [6.45, 7) is 0.0812. The lowest BCUT2D eigenvalue weighted by Gasteiger charge is -2.18. The summed E-state index contributed by atoms with van der Waals surface area (Å²) in [6, 6.07) is 4.86. The number of carboxylic acid groups (broad SMARTS) is 1. The SMILES string of the molecule is CN(Cc1ccccc1F)C(=O)CC(N)C(=O)O. The maximum Gasteiger partial charge on any atom is 0.321 e. The zero-order valence-electron chi connectivity index (χ0n) is 9.97. The zero-order chi connectivity index (χ0) is 13.7. The predicted octanol–water partition coefficient (Wildman–Crippen LogP) is 0.586. The Labute approximate surface area is 104 Å². The van der Waals surface area contributed by atoms with Crippen LogP contribution < -0.4 is 5.73 Å². The quantitative estimate of drug-likeness (QED) is 0.805. The number of nitrogens with zero attached hydrogens (tertiary/aromatic N) is 1. The average molecular weight is 254 g/mol. The van der Waals surface area contributed by atoms with E-state index in [0.29, 0.717) is 5.56 Å². The Kier molecular flexibility index (Phi) is 4.79. The van der Waals surface area contributed by atoms with Crippen molar-refractivity contribution in [1.29, 1.82) is 0 Å². The van der Waals surface area contributed by atoms with Crippen molar-refractivity contribution in [3.63, 3.8) is 0 Å². The number of hydrogen-bond donors (Lipinski definition) is 2. The number of carbonyl (C=O) groups excluding carboxylic acids is 1. The maximum atomic E-state index is 13.3. The standard InChI is InChI=1S/C12H15FN2O3/c1-15(11(16)6-10(14)12(17)18)7-8-4-2-3-5-9(8)13/h2-5,10H,6-7,14H2,1H3,(H,17,18). The lowest BCUT2D eigenvalue weighted by molar-refractivity contribution is -0.142. The summed E-state index contributed by atoms with van der Waals surface area (Å²) < 4.78 is 13.3. The molecule has 5 nitrogen and oxygen atoms in total. The molecule has 1 unspecified atom stereocenters. The number of aliphatic carboxylic acids is 1. The third kappa shape index (κ3) is 3.81. The molecule has 0 saturated carbocycles. The molecule has 0 aliphatic carbocycles. The number of carbonyl (C=O) groups is 2. The van der Waals surface area contributed by atoms with E-state index in [4.69, 9.17) is 10.8 Å². The summed E-state index contributed by atoms with van der Waals surface area (Å²) in [7, 11) is 1.48. The first kappa shape index (κ1) is 14.1. The summed E-state index contributed by atoms with van der Waals surface area (Å²) in [5.41, 5.74) is 5.63. The Morgan fingerprint density at radius 1 is 1.44 bits per heavy atom. The predicted molar refractivity (Wildman–Crippen MR) is 63.1 cm³/mol. The first-order chi connectivity index (χ1) is 8.41. The second-order valence-electron chi connectivity index (χ2n) is 3.99. The van der Waals surface area contributed by atoms with Crippen molar-refractivity contribution >= 4 is 11.9 Å². The van der Waals surface area contributed by atoms with Gasteiger partial charge in [-0.15, -0.1) is 0 Å². The molecule has 0 aliphatic rings. The van der Waals surface area contributed by atoms with Gasteiger partial charge in [-0.1, -0.05) is 18.2 Å². The zero-order valence-corrected chi connectivity index (χ0v) is 9.97. The second kappa shape index (κ2) is 6.11. The first-order valence-corrected chi connectivity index (χ1v) is 5.37. The number of hydrogen-bond acceptors (Lipinski definition) is 3. The van der Waals surface area contributed by atoms with Crippen LogP contribution >= 0.6 is 0 Å².